The molecule has 0 heterocycles. The Bertz CT molecular complexity index is 986. The molecule has 3 aromatic rings. The van der Waals surface area contributed by atoms with Crippen LogP contribution in [0, 0.1) is 5.92 Å². The topological polar surface area (TPSA) is 44.7 Å². The molecule has 4 rings (SSSR count). The van der Waals surface area contributed by atoms with E-state index in [2.05, 4.69) is 65.7 Å². The van der Waals surface area contributed by atoms with Crippen molar-refractivity contribution in [3.63, 3.8) is 0 Å². The van der Waals surface area contributed by atoms with Crippen molar-refractivity contribution in [1.29, 1.82) is 0 Å². The number of rotatable bonds is 8. The van der Waals surface area contributed by atoms with Gasteiger partial charge in [0.05, 0.1) is 12.1 Å². The molecule has 0 unspecified atom stereocenters. The lowest BCUT2D eigenvalue weighted by Gasteiger charge is -2.20. The van der Waals surface area contributed by atoms with Gasteiger partial charge in [-0.2, -0.15) is 5.10 Å². The monoisotopic (exact) mass is 411 g/mol. The van der Waals surface area contributed by atoms with Crippen LogP contribution in [0.5, 0.6) is 0 Å². The zero-order chi connectivity index (χ0) is 21.7. The first-order chi connectivity index (χ1) is 15.2. The highest BCUT2D eigenvalue weighted by Crippen LogP contribution is 2.58. The lowest BCUT2D eigenvalue weighted by molar-refractivity contribution is -0.122. The fraction of sp³-hybridized carbons (Fsp3) is 0.259. The average Bonchev–Trinajstić information content (AvgIpc) is 3.59. The summed E-state index contributed by atoms with van der Waals surface area (Å²) < 4.78 is 0. The standard InChI is InChI=1S/C27H29N3O/c1-3-30(4-2)24-17-15-21(16-18-24)20-28-29-26(31)25-19-27(25,22-11-7-5-8-12-22)23-13-9-6-10-14-23/h5-18,20,25H,3-4,19H2,1-2H3,(H,29,31)/b28-20+/t25-/m1/s1. The number of hydrogen-bond acceptors (Lipinski definition) is 3. The van der Waals surface area contributed by atoms with Gasteiger partial charge in [0.25, 0.3) is 0 Å². The SMILES string of the molecule is CCN(CC)c1ccc(/C=N/NC(=O)[C@H]2CC2(c2ccccc2)c2ccccc2)cc1. The molecule has 1 fully saturated rings. The molecule has 1 saturated carbocycles. The summed E-state index contributed by atoms with van der Waals surface area (Å²) in [6.45, 7) is 6.26. The Morgan fingerprint density at radius 2 is 1.48 bits per heavy atom. The van der Waals surface area contributed by atoms with Crippen LogP contribution in [0.15, 0.2) is 90.0 Å². The molecule has 31 heavy (non-hydrogen) atoms. The van der Waals surface area contributed by atoms with E-state index >= 15 is 0 Å². The maximum absolute atomic E-state index is 12.9. The Hall–Kier alpha value is -3.40. The van der Waals surface area contributed by atoms with Gasteiger partial charge >= 0.3 is 0 Å². The normalized spacial score (nSPS) is 16.8. The fourth-order valence-electron chi connectivity index (χ4n) is 4.46. The zero-order valence-electron chi connectivity index (χ0n) is 18.2. The fourth-order valence-corrected chi connectivity index (χ4v) is 4.46. The molecule has 158 valence electrons. The molecule has 0 aliphatic heterocycles. The molecule has 0 radical (unpaired) electrons. The van der Waals surface area contributed by atoms with Crippen molar-refractivity contribution in [3.8, 4) is 0 Å². The second-order valence-corrected chi connectivity index (χ2v) is 7.96. The van der Waals surface area contributed by atoms with Crippen LogP contribution in [0.1, 0.15) is 37.0 Å². The van der Waals surface area contributed by atoms with Crippen LogP contribution in [0.25, 0.3) is 0 Å². The minimum Gasteiger partial charge on any atom is -0.372 e. The first-order valence-corrected chi connectivity index (χ1v) is 11.0. The van der Waals surface area contributed by atoms with Gasteiger partial charge in [-0.1, -0.05) is 72.8 Å². The summed E-state index contributed by atoms with van der Waals surface area (Å²) in [4.78, 5) is 15.2. The first kappa shape index (κ1) is 20.9. The Morgan fingerprint density at radius 3 is 2.00 bits per heavy atom. The maximum atomic E-state index is 12.9. The molecule has 1 N–H and O–H groups in total. The van der Waals surface area contributed by atoms with Gasteiger partial charge in [-0.15, -0.1) is 0 Å². The van der Waals surface area contributed by atoms with Crippen molar-refractivity contribution >= 4 is 17.8 Å². The smallest absolute Gasteiger partial charge is 0.244 e. The lowest BCUT2D eigenvalue weighted by atomic mass is 9.85. The Morgan fingerprint density at radius 1 is 0.935 bits per heavy atom. The third-order valence-corrected chi connectivity index (χ3v) is 6.27. The highest BCUT2D eigenvalue weighted by Gasteiger charge is 2.60. The van der Waals surface area contributed by atoms with Gasteiger partial charge in [0.1, 0.15) is 0 Å². The highest BCUT2D eigenvalue weighted by atomic mass is 16.2. The summed E-state index contributed by atoms with van der Waals surface area (Å²) in [6, 6.07) is 28.8. The number of nitrogens with one attached hydrogen (secondary N) is 1. The highest BCUT2D eigenvalue weighted by molar-refractivity contribution is 5.87. The van der Waals surface area contributed by atoms with Gasteiger partial charge in [0, 0.05) is 24.2 Å². The van der Waals surface area contributed by atoms with E-state index < -0.39 is 0 Å². The Balaban J connectivity index is 1.45. The average molecular weight is 412 g/mol. The van der Waals surface area contributed by atoms with Crippen LogP contribution in [0.3, 0.4) is 0 Å². The van der Waals surface area contributed by atoms with E-state index in [1.165, 1.54) is 16.8 Å². The summed E-state index contributed by atoms with van der Waals surface area (Å²) in [6.07, 6.45) is 2.50. The van der Waals surface area contributed by atoms with Crippen LogP contribution in [0.4, 0.5) is 5.69 Å². The summed E-state index contributed by atoms with van der Waals surface area (Å²) in [5.74, 6) is -0.164. The second kappa shape index (κ2) is 9.17. The largest absolute Gasteiger partial charge is 0.372 e. The number of benzene rings is 3. The van der Waals surface area contributed by atoms with Gasteiger partial charge < -0.3 is 4.90 Å². The molecule has 4 nitrogen and oxygen atoms in total. The van der Waals surface area contributed by atoms with Crippen LogP contribution in [0.2, 0.25) is 0 Å². The molecule has 1 aliphatic carbocycles. The van der Waals surface area contributed by atoms with Crippen LogP contribution in [-0.4, -0.2) is 25.2 Å². The Kier molecular flexibility index (Phi) is 6.17. The molecule has 3 aromatic carbocycles. The maximum Gasteiger partial charge on any atom is 0.244 e. The third kappa shape index (κ3) is 4.24. The van der Waals surface area contributed by atoms with Crippen LogP contribution < -0.4 is 10.3 Å². The third-order valence-electron chi connectivity index (χ3n) is 6.27. The minimum atomic E-state index is -0.270. The molecule has 0 bridgehead atoms. The van der Waals surface area contributed by atoms with E-state index in [1.807, 2.05) is 48.5 Å². The zero-order valence-corrected chi connectivity index (χ0v) is 18.2. The number of nitrogens with zero attached hydrogens (tertiary/aromatic N) is 2. The molecule has 4 heteroatoms. The molecule has 0 aromatic heterocycles. The molecular formula is C27H29N3O. The van der Waals surface area contributed by atoms with Crippen LogP contribution >= 0.6 is 0 Å². The number of hydrazone groups is 1. The molecule has 0 saturated heterocycles. The van der Waals surface area contributed by atoms with Gasteiger partial charge in [-0.05, 0) is 49.1 Å². The Labute approximate surface area is 184 Å². The quantitative estimate of drug-likeness (QED) is 0.419. The van der Waals surface area contributed by atoms with Gasteiger partial charge in [-0.3, -0.25) is 4.79 Å². The molecule has 1 aliphatic rings. The van der Waals surface area contributed by atoms with Gasteiger partial charge in [0.15, 0.2) is 0 Å². The number of anilines is 1. The molecular weight excluding hydrogens is 382 g/mol. The van der Waals surface area contributed by atoms with Crippen molar-refractivity contribution in [1.82, 2.24) is 5.43 Å². The van der Waals surface area contributed by atoms with Gasteiger partial charge in [-0.25, -0.2) is 5.43 Å². The van der Waals surface area contributed by atoms with E-state index in [0.717, 1.165) is 25.1 Å². The van der Waals surface area contributed by atoms with E-state index in [0.29, 0.717) is 0 Å². The summed E-state index contributed by atoms with van der Waals surface area (Å²) in [7, 11) is 0. The summed E-state index contributed by atoms with van der Waals surface area (Å²) >= 11 is 0. The summed E-state index contributed by atoms with van der Waals surface area (Å²) in [5, 5.41) is 4.23. The number of hydrogen-bond donors (Lipinski definition) is 1. The number of carbonyl (C=O) groups is 1. The summed E-state index contributed by atoms with van der Waals surface area (Å²) in [5.41, 5.74) is 7.01. The lowest BCUT2D eigenvalue weighted by Crippen LogP contribution is -2.25. The van der Waals surface area contributed by atoms with E-state index in [4.69, 9.17) is 0 Å². The molecule has 1 amide bonds. The minimum absolute atomic E-state index is 0.0382. The van der Waals surface area contributed by atoms with Crippen molar-refractivity contribution in [3.05, 3.63) is 102 Å². The molecule has 1 atom stereocenters. The van der Waals surface area contributed by atoms with Crippen LogP contribution in [-0.2, 0) is 10.2 Å². The molecule has 0 spiro atoms. The van der Waals surface area contributed by atoms with Crippen molar-refractivity contribution < 1.29 is 4.79 Å². The van der Waals surface area contributed by atoms with Crippen molar-refractivity contribution in [2.45, 2.75) is 25.7 Å². The predicted octanol–water partition coefficient (Wildman–Crippen LogP) is 4.99. The number of amides is 1. The van der Waals surface area contributed by atoms with E-state index in [9.17, 15) is 4.79 Å². The first-order valence-electron chi connectivity index (χ1n) is 11.0. The van der Waals surface area contributed by atoms with Crippen molar-refractivity contribution in [2.75, 3.05) is 18.0 Å². The van der Waals surface area contributed by atoms with E-state index in [-0.39, 0.29) is 17.2 Å². The van der Waals surface area contributed by atoms with E-state index in [1.54, 1.807) is 6.21 Å². The predicted molar refractivity (Wildman–Crippen MR) is 128 cm³/mol. The van der Waals surface area contributed by atoms with Gasteiger partial charge in [0.2, 0.25) is 5.91 Å². The number of carbonyl (C=O) groups excluding carboxylic acids is 1. The second-order valence-electron chi connectivity index (χ2n) is 7.96. The van der Waals surface area contributed by atoms with Crippen molar-refractivity contribution in [2.24, 2.45) is 11.0 Å².